The second-order valence-electron chi connectivity index (χ2n) is 9.84. The third-order valence-corrected chi connectivity index (χ3v) is 7.70. The highest BCUT2D eigenvalue weighted by Crippen LogP contribution is 2.42. The monoisotopic (exact) mass is 471 g/mol. The van der Waals surface area contributed by atoms with Crippen molar-refractivity contribution >= 4 is 22.8 Å². The zero-order valence-corrected chi connectivity index (χ0v) is 19.8. The minimum Gasteiger partial charge on any atom is -0.465 e. The van der Waals surface area contributed by atoms with E-state index in [4.69, 9.17) is 4.98 Å². The number of H-pyrrole nitrogens is 1. The number of hydrogen-bond acceptors (Lipinski definition) is 5. The van der Waals surface area contributed by atoms with Crippen molar-refractivity contribution in [1.29, 1.82) is 0 Å². The first-order valence-electron chi connectivity index (χ1n) is 12.4. The Labute approximate surface area is 203 Å². The molecule has 9 heteroatoms. The Morgan fingerprint density at radius 3 is 2.77 bits per heavy atom. The molecule has 1 aliphatic heterocycles. The number of anilines is 1. The van der Waals surface area contributed by atoms with Crippen LogP contribution in [0.15, 0.2) is 42.5 Å². The largest absolute Gasteiger partial charge is 0.465 e. The van der Waals surface area contributed by atoms with Gasteiger partial charge in [0.1, 0.15) is 5.82 Å². The number of amides is 1. The Morgan fingerprint density at radius 2 is 2.00 bits per heavy atom. The number of imidazole rings is 1. The predicted molar refractivity (Wildman–Crippen MR) is 132 cm³/mol. The maximum absolute atomic E-state index is 12.1. The summed E-state index contributed by atoms with van der Waals surface area (Å²) < 4.78 is 2.42. The molecule has 2 N–H and O–H groups in total. The molecule has 2 aromatic heterocycles. The number of tetrazole rings is 1. The smallest absolute Gasteiger partial charge is 0.412 e. The van der Waals surface area contributed by atoms with Crippen molar-refractivity contribution in [3.8, 4) is 0 Å². The number of aromatic amines is 1. The first-order valence-corrected chi connectivity index (χ1v) is 12.4. The molecule has 0 spiro atoms. The number of aryl methyl sites for hydroxylation is 1. The lowest BCUT2D eigenvalue weighted by Gasteiger charge is -2.33. The van der Waals surface area contributed by atoms with Crippen molar-refractivity contribution in [3.63, 3.8) is 0 Å². The predicted octanol–water partition coefficient (Wildman–Crippen LogP) is 4.86. The van der Waals surface area contributed by atoms with Gasteiger partial charge in [-0.3, -0.25) is 4.90 Å². The number of rotatable bonds is 4. The molecule has 0 saturated heterocycles. The summed E-state index contributed by atoms with van der Waals surface area (Å²) in [7, 11) is 0. The molecular weight excluding hydrogens is 442 g/mol. The van der Waals surface area contributed by atoms with Crippen LogP contribution in [0.5, 0.6) is 0 Å². The molecule has 0 radical (unpaired) electrons. The molecule has 3 heterocycles. The standard InChI is InChI=1S/C26H29N7O2/c1-16-10-11-20-21(32(16)26(34)35)12-13-22-24(20)27-23(14-17-6-3-2-4-7-17)33(22)19-9-5-8-18(15-19)25-28-30-31-29-25/h2-4,6-7,12-13,16,18-19H,5,8-11,14-15H2,1H3,(H,34,35)(H,28,29,30,31)/t16-,18-,19+/m0/s1. The van der Waals surface area contributed by atoms with Crippen LogP contribution < -0.4 is 4.90 Å². The Kier molecular flexibility index (Phi) is 5.47. The summed E-state index contributed by atoms with van der Waals surface area (Å²) in [5.41, 5.74) is 5.06. The van der Waals surface area contributed by atoms with Gasteiger partial charge in [-0.05, 0) is 67.2 Å². The van der Waals surface area contributed by atoms with Crippen LogP contribution in [0.4, 0.5) is 10.5 Å². The van der Waals surface area contributed by atoms with E-state index >= 15 is 0 Å². The number of carboxylic acid groups (broad SMARTS) is 1. The number of benzene rings is 2. The van der Waals surface area contributed by atoms with E-state index in [1.165, 1.54) is 10.5 Å². The van der Waals surface area contributed by atoms with Gasteiger partial charge in [-0.2, -0.15) is 0 Å². The van der Waals surface area contributed by atoms with E-state index in [0.29, 0.717) is 0 Å². The maximum Gasteiger partial charge on any atom is 0.412 e. The van der Waals surface area contributed by atoms with Crippen molar-refractivity contribution < 1.29 is 9.90 Å². The van der Waals surface area contributed by atoms with Gasteiger partial charge in [0.15, 0.2) is 5.82 Å². The molecule has 6 rings (SSSR count). The fourth-order valence-corrected chi connectivity index (χ4v) is 6.03. The summed E-state index contributed by atoms with van der Waals surface area (Å²) >= 11 is 0. The molecule has 1 amide bonds. The lowest BCUT2D eigenvalue weighted by molar-refractivity contribution is 0.198. The second kappa shape index (κ2) is 8.79. The molecular formula is C26H29N7O2. The second-order valence-corrected chi connectivity index (χ2v) is 9.84. The van der Waals surface area contributed by atoms with E-state index < -0.39 is 6.09 Å². The van der Waals surface area contributed by atoms with Crippen molar-refractivity contribution in [3.05, 3.63) is 65.2 Å². The molecule has 1 aliphatic carbocycles. The Balaban J connectivity index is 1.48. The van der Waals surface area contributed by atoms with E-state index in [2.05, 4.69) is 55.5 Å². The number of nitrogens with zero attached hydrogens (tertiary/aromatic N) is 6. The molecule has 9 nitrogen and oxygen atoms in total. The fraction of sp³-hybridized carbons (Fsp3) is 0.423. The molecule has 1 fully saturated rings. The van der Waals surface area contributed by atoms with Crippen LogP contribution in [0.3, 0.4) is 0 Å². The summed E-state index contributed by atoms with van der Waals surface area (Å²) in [4.78, 5) is 18.8. The highest BCUT2D eigenvalue weighted by atomic mass is 16.4. The van der Waals surface area contributed by atoms with Crippen LogP contribution in [-0.4, -0.2) is 47.4 Å². The molecule has 0 bridgehead atoms. The fourth-order valence-electron chi connectivity index (χ4n) is 6.03. The molecule has 3 atom stereocenters. The molecule has 4 aromatic rings. The van der Waals surface area contributed by atoms with Gasteiger partial charge in [0.05, 0.1) is 16.7 Å². The molecule has 1 saturated carbocycles. The summed E-state index contributed by atoms with van der Waals surface area (Å²) in [6.45, 7) is 1.97. The molecule has 180 valence electrons. The normalized spacial score (nSPS) is 22.3. The van der Waals surface area contributed by atoms with Gasteiger partial charge in [0.2, 0.25) is 0 Å². The third kappa shape index (κ3) is 3.84. The first-order chi connectivity index (χ1) is 17.1. The van der Waals surface area contributed by atoms with Gasteiger partial charge in [-0.25, -0.2) is 14.9 Å². The van der Waals surface area contributed by atoms with Crippen molar-refractivity contribution in [2.75, 3.05) is 4.90 Å². The summed E-state index contributed by atoms with van der Waals surface area (Å²) in [6, 6.07) is 14.7. The minimum absolute atomic E-state index is 0.0436. The lowest BCUT2D eigenvalue weighted by Crippen LogP contribution is -2.41. The van der Waals surface area contributed by atoms with Gasteiger partial charge >= 0.3 is 6.09 Å². The molecule has 0 unspecified atom stereocenters. The highest BCUT2D eigenvalue weighted by molar-refractivity contribution is 5.94. The van der Waals surface area contributed by atoms with Crippen LogP contribution >= 0.6 is 0 Å². The average molecular weight is 472 g/mol. The highest BCUT2D eigenvalue weighted by Gasteiger charge is 2.33. The van der Waals surface area contributed by atoms with Crippen LogP contribution in [0.25, 0.3) is 11.0 Å². The lowest BCUT2D eigenvalue weighted by atomic mass is 9.85. The average Bonchev–Trinajstić information content (AvgIpc) is 3.52. The van der Waals surface area contributed by atoms with Crippen LogP contribution in [0, 0.1) is 0 Å². The number of nitrogens with one attached hydrogen (secondary N) is 1. The summed E-state index contributed by atoms with van der Waals surface area (Å²) in [5.74, 6) is 2.17. The Hall–Kier alpha value is -3.75. The quantitative estimate of drug-likeness (QED) is 0.440. The number of fused-ring (bicyclic) bond motifs is 3. The van der Waals surface area contributed by atoms with Crippen molar-refractivity contribution in [1.82, 2.24) is 30.2 Å². The SMILES string of the molecule is C[C@H]1CCc2c(ccc3c2nc(Cc2ccccc2)n3[C@@H]2CCC[C@H](c3nnn[nH]3)C2)N1C(=O)O. The Morgan fingerprint density at radius 1 is 1.14 bits per heavy atom. The zero-order chi connectivity index (χ0) is 23.9. The van der Waals surface area contributed by atoms with Crippen molar-refractivity contribution in [2.24, 2.45) is 0 Å². The van der Waals surface area contributed by atoms with E-state index in [1.807, 2.05) is 19.1 Å². The van der Waals surface area contributed by atoms with E-state index in [0.717, 1.165) is 78.9 Å². The van der Waals surface area contributed by atoms with E-state index in [9.17, 15) is 9.90 Å². The van der Waals surface area contributed by atoms with Crippen molar-refractivity contribution in [2.45, 2.75) is 69.9 Å². The molecule has 2 aromatic carbocycles. The van der Waals surface area contributed by atoms with Gasteiger partial charge in [-0.15, -0.1) is 5.10 Å². The first kappa shape index (κ1) is 21.8. The molecule has 35 heavy (non-hydrogen) atoms. The van der Waals surface area contributed by atoms with Gasteiger partial charge in [0.25, 0.3) is 0 Å². The van der Waals surface area contributed by atoms with Gasteiger partial charge in [-0.1, -0.05) is 36.8 Å². The van der Waals surface area contributed by atoms with E-state index in [1.54, 1.807) is 0 Å². The number of carbonyl (C=O) groups is 1. The van der Waals surface area contributed by atoms with Crippen LogP contribution in [-0.2, 0) is 12.8 Å². The van der Waals surface area contributed by atoms with Gasteiger partial charge in [0, 0.05) is 30.0 Å². The maximum atomic E-state index is 12.1. The van der Waals surface area contributed by atoms with E-state index in [-0.39, 0.29) is 18.0 Å². The van der Waals surface area contributed by atoms with Gasteiger partial charge < -0.3 is 9.67 Å². The summed E-state index contributed by atoms with van der Waals surface area (Å²) in [5, 5.41) is 24.6. The zero-order valence-electron chi connectivity index (χ0n) is 19.8. The molecule has 2 aliphatic rings. The minimum atomic E-state index is -0.905. The Bertz CT molecular complexity index is 1350. The number of aromatic nitrogens is 6. The van der Waals surface area contributed by atoms with Crippen LogP contribution in [0.1, 0.15) is 73.8 Å². The number of hydrogen-bond donors (Lipinski definition) is 2. The topological polar surface area (TPSA) is 113 Å². The third-order valence-electron chi connectivity index (χ3n) is 7.70. The summed E-state index contributed by atoms with van der Waals surface area (Å²) in [6.07, 6.45) is 5.62. The van der Waals surface area contributed by atoms with Crippen LogP contribution in [0.2, 0.25) is 0 Å².